The third-order valence-electron chi connectivity index (χ3n) is 3.13. The van der Waals surface area contributed by atoms with Crippen molar-refractivity contribution in [1.29, 1.82) is 0 Å². The van der Waals surface area contributed by atoms with Crippen molar-refractivity contribution in [2.24, 2.45) is 5.41 Å². The van der Waals surface area contributed by atoms with Gasteiger partial charge in [-0.3, -0.25) is 10.00 Å². The van der Waals surface area contributed by atoms with E-state index in [4.69, 9.17) is 11.6 Å². The highest BCUT2D eigenvalue weighted by molar-refractivity contribution is 6.30. The number of nitrogens with zero attached hydrogens (tertiary/aromatic N) is 2. The average molecular weight is 296 g/mol. The molecule has 1 aromatic carbocycles. The third kappa shape index (κ3) is 3.81. The second-order valence-electron chi connectivity index (χ2n) is 5.91. The highest BCUT2D eigenvalue weighted by Crippen LogP contribution is 2.32. The van der Waals surface area contributed by atoms with Crippen LogP contribution in [0.4, 0.5) is 4.39 Å². The van der Waals surface area contributed by atoms with Crippen molar-refractivity contribution < 1.29 is 4.39 Å². The molecule has 3 nitrogen and oxygen atoms in total. The Hall–Kier alpha value is -1.39. The standard InChI is InChI=1S/C15H19ClFN3/c1-15(2,3)14(11-4-6-13(17)7-5-11)18-10-20-9-12(16)8-19-20/h4-9,14,18H,10H2,1-3H3. The summed E-state index contributed by atoms with van der Waals surface area (Å²) < 4.78 is 14.8. The second-order valence-corrected chi connectivity index (χ2v) is 6.35. The summed E-state index contributed by atoms with van der Waals surface area (Å²) in [6.45, 7) is 6.98. The van der Waals surface area contributed by atoms with Crippen LogP contribution in [0, 0.1) is 11.2 Å². The first-order chi connectivity index (χ1) is 9.36. The van der Waals surface area contributed by atoms with Gasteiger partial charge in [0.25, 0.3) is 0 Å². The highest BCUT2D eigenvalue weighted by atomic mass is 35.5. The van der Waals surface area contributed by atoms with Gasteiger partial charge in [-0.25, -0.2) is 4.39 Å². The van der Waals surface area contributed by atoms with Gasteiger partial charge in [-0.2, -0.15) is 5.10 Å². The first kappa shape index (κ1) is 15.0. The molecule has 1 aromatic heterocycles. The van der Waals surface area contributed by atoms with E-state index in [-0.39, 0.29) is 17.3 Å². The smallest absolute Gasteiger partial charge is 0.123 e. The van der Waals surface area contributed by atoms with Crippen molar-refractivity contribution in [2.75, 3.05) is 0 Å². The monoisotopic (exact) mass is 295 g/mol. The molecule has 0 spiro atoms. The molecule has 2 aromatic rings. The molecule has 1 atom stereocenters. The molecule has 0 aliphatic carbocycles. The van der Waals surface area contributed by atoms with Crippen LogP contribution < -0.4 is 5.32 Å². The van der Waals surface area contributed by atoms with Gasteiger partial charge in [-0.15, -0.1) is 0 Å². The molecule has 5 heteroatoms. The largest absolute Gasteiger partial charge is 0.291 e. The van der Waals surface area contributed by atoms with Gasteiger partial charge in [0.05, 0.1) is 17.9 Å². The summed E-state index contributed by atoms with van der Waals surface area (Å²) in [6.07, 6.45) is 3.37. The van der Waals surface area contributed by atoms with E-state index >= 15 is 0 Å². The second kappa shape index (κ2) is 5.94. The molecule has 0 aliphatic rings. The van der Waals surface area contributed by atoms with Crippen LogP contribution in [0.1, 0.15) is 32.4 Å². The molecular formula is C15H19ClFN3. The van der Waals surface area contributed by atoms with Gasteiger partial charge in [-0.1, -0.05) is 44.5 Å². The lowest BCUT2D eigenvalue weighted by Crippen LogP contribution is -2.33. The minimum Gasteiger partial charge on any atom is -0.291 e. The maximum absolute atomic E-state index is 13.1. The van der Waals surface area contributed by atoms with Crippen molar-refractivity contribution in [3.63, 3.8) is 0 Å². The Bertz CT molecular complexity index is 557. The van der Waals surface area contributed by atoms with Crippen LogP contribution in [-0.4, -0.2) is 9.78 Å². The van der Waals surface area contributed by atoms with Crippen molar-refractivity contribution in [2.45, 2.75) is 33.5 Å². The van der Waals surface area contributed by atoms with Gasteiger partial charge < -0.3 is 0 Å². The Morgan fingerprint density at radius 1 is 1.30 bits per heavy atom. The van der Waals surface area contributed by atoms with Crippen molar-refractivity contribution >= 4 is 11.6 Å². The van der Waals surface area contributed by atoms with Crippen LogP contribution in [0.3, 0.4) is 0 Å². The molecular weight excluding hydrogens is 277 g/mol. The maximum atomic E-state index is 13.1. The van der Waals surface area contributed by atoms with Gasteiger partial charge >= 0.3 is 0 Å². The quantitative estimate of drug-likeness (QED) is 0.923. The normalized spacial score (nSPS) is 13.4. The Kier molecular flexibility index (Phi) is 4.45. The highest BCUT2D eigenvalue weighted by Gasteiger charge is 2.25. The van der Waals surface area contributed by atoms with Crippen LogP contribution in [-0.2, 0) is 6.67 Å². The van der Waals surface area contributed by atoms with E-state index in [0.717, 1.165) is 5.56 Å². The van der Waals surface area contributed by atoms with Crippen molar-refractivity contribution in [1.82, 2.24) is 15.1 Å². The topological polar surface area (TPSA) is 29.9 Å². The minimum absolute atomic E-state index is 0.00518. The van der Waals surface area contributed by atoms with E-state index in [0.29, 0.717) is 11.7 Å². The fraction of sp³-hybridized carbons (Fsp3) is 0.400. The summed E-state index contributed by atoms with van der Waals surface area (Å²) in [7, 11) is 0. The minimum atomic E-state index is -0.222. The molecule has 20 heavy (non-hydrogen) atoms. The lowest BCUT2D eigenvalue weighted by atomic mass is 9.82. The molecule has 1 N–H and O–H groups in total. The maximum Gasteiger partial charge on any atom is 0.123 e. The Morgan fingerprint density at radius 3 is 2.45 bits per heavy atom. The Morgan fingerprint density at radius 2 is 1.95 bits per heavy atom. The number of halogens is 2. The summed E-state index contributed by atoms with van der Waals surface area (Å²) in [4.78, 5) is 0. The van der Waals surface area contributed by atoms with Crippen LogP contribution in [0.2, 0.25) is 5.02 Å². The van der Waals surface area contributed by atoms with E-state index in [1.54, 1.807) is 17.1 Å². The molecule has 1 unspecified atom stereocenters. The van der Waals surface area contributed by atoms with Crippen LogP contribution >= 0.6 is 11.6 Å². The van der Waals surface area contributed by atoms with E-state index in [1.807, 2.05) is 12.1 Å². The number of nitrogens with one attached hydrogen (secondary N) is 1. The number of aromatic nitrogens is 2. The third-order valence-corrected chi connectivity index (χ3v) is 3.32. The fourth-order valence-corrected chi connectivity index (χ4v) is 2.35. The molecule has 0 radical (unpaired) electrons. The average Bonchev–Trinajstić information content (AvgIpc) is 2.76. The Labute approximate surface area is 123 Å². The summed E-state index contributed by atoms with van der Waals surface area (Å²) in [6, 6.07) is 6.69. The van der Waals surface area contributed by atoms with Gasteiger partial charge in [0.2, 0.25) is 0 Å². The first-order valence-electron chi connectivity index (χ1n) is 6.53. The van der Waals surface area contributed by atoms with Gasteiger partial charge in [0, 0.05) is 12.2 Å². The zero-order chi connectivity index (χ0) is 14.8. The molecule has 2 rings (SSSR count). The predicted molar refractivity (Wildman–Crippen MR) is 79.0 cm³/mol. The summed E-state index contributed by atoms with van der Waals surface area (Å²) in [5, 5.41) is 8.20. The SMILES string of the molecule is CC(C)(C)C(NCn1cc(Cl)cn1)c1ccc(F)cc1. The number of rotatable bonds is 4. The predicted octanol–water partition coefficient (Wildman–Crippen LogP) is 4.01. The molecule has 0 saturated carbocycles. The van der Waals surface area contributed by atoms with Crippen molar-refractivity contribution in [3.05, 3.63) is 53.1 Å². The number of hydrogen-bond donors (Lipinski definition) is 1. The molecule has 0 aliphatic heterocycles. The van der Waals surface area contributed by atoms with Crippen LogP contribution in [0.25, 0.3) is 0 Å². The molecule has 0 saturated heterocycles. The molecule has 0 amide bonds. The summed E-state index contributed by atoms with van der Waals surface area (Å²) >= 11 is 5.85. The van der Waals surface area contributed by atoms with E-state index < -0.39 is 0 Å². The Balaban J connectivity index is 2.14. The summed E-state index contributed by atoms with van der Waals surface area (Å²) in [5.74, 6) is -0.222. The molecule has 1 heterocycles. The molecule has 108 valence electrons. The lowest BCUT2D eigenvalue weighted by Gasteiger charge is -2.32. The van der Waals surface area contributed by atoms with Gasteiger partial charge in [0.15, 0.2) is 0 Å². The number of benzene rings is 1. The van der Waals surface area contributed by atoms with Crippen LogP contribution in [0.5, 0.6) is 0 Å². The number of hydrogen-bond acceptors (Lipinski definition) is 2. The fourth-order valence-electron chi connectivity index (χ4n) is 2.19. The van der Waals surface area contributed by atoms with Gasteiger partial charge in [-0.05, 0) is 23.1 Å². The van der Waals surface area contributed by atoms with E-state index in [2.05, 4.69) is 31.2 Å². The zero-order valence-electron chi connectivity index (χ0n) is 11.9. The molecule has 0 fully saturated rings. The molecule has 0 bridgehead atoms. The van der Waals surface area contributed by atoms with Crippen LogP contribution in [0.15, 0.2) is 36.7 Å². The van der Waals surface area contributed by atoms with E-state index in [9.17, 15) is 4.39 Å². The zero-order valence-corrected chi connectivity index (χ0v) is 12.7. The van der Waals surface area contributed by atoms with Crippen molar-refractivity contribution in [3.8, 4) is 0 Å². The summed E-state index contributed by atoms with van der Waals surface area (Å²) in [5.41, 5.74) is 1.05. The van der Waals surface area contributed by atoms with E-state index in [1.165, 1.54) is 12.1 Å². The van der Waals surface area contributed by atoms with Gasteiger partial charge in [0.1, 0.15) is 5.82 Å². The first-order valence-corrected chi connectivity index (χ1v) is 6.91. The lowest BCUT2D eigenvalue weighted by molar-refractivity contribution is 0.252.